The summed E-state index contributed by atoms with van der Waals surface area (Å²) < 4.78 is 31.7. The molecule has 0 aliphatic rings. The summed E-state index contributed by atoms with van der Waals surface area (Å²) in [6.45, 7) is 6.93. The molecule has 0 saturated heterocycles. The lowest BCUT2D eigenvalue weighted by Crippen LogP contribution is -2.15. The molecule has 2 aromatic heterocycles. The minimum atomic E-state index is -3.38. The van der Waals surface area contributed by atoms with Gasteiger partial charge in [-0.2, -0.15) is 0 Å². The van der Waals surface area contributed by atoms with E-state index in [1.807, 2.05) is 6.07 Å². The van der Waals surface area contributed by atoms with E-state index in [9.17, 15) is 13.2 Å². The van der Waals surface area contributed by atoms with Gasteiger partial charge >= 0.3 is 0 Å². The number of sulfone groups is 1. The van der Waals surface area contributed by atoms with Crippen molar-refractivity contribution in [2.24, 2.45) is 12.5 Å². The number of aromatic nitrogens is 2. The molecule has 0 bridgehead atoms. The van der Waals surface area contributed by atoms with E-state index in [1.165, 1.54) is 10.8 Å². The maximum atomic E-state index is 12.4. The van der Waals surface area contributed by atoms with Crippen LogP contribution in [-0.2, 0) is 16.9 Å². The van der Waals surface area contributed by atoms with Crippen molar-refractivity contribution in [1.82, 2.24) is 9.55 Å². The van der Waals surface area contributed by atoms with Crippen LogP contribution in [0.15, 0.2) is 46.3 Å². The number of hydrogen-bond acceptors (Lipinski definition) is 4. The standard InChI is InChI=1S/C21H26N2O4S/c1-21(2,3)9-11-27-18-7-6-14(28(5,25)26)12-16(18)17-13-22-19-15(17)8-10-23(4)20(19)24/h6-8,10,12-13,22H,9,11H2,1-5H3. The topological polar surface area (TPSA) is 81.2 Å². The monoisotopic (exact) mass is 402 g/mol. The van der Waals surface area contributed by atoms with Gasteiger partial charge in [-0.15, -0.1) is 0 Å². The van der Waals surface area contributed by atoms with E-state index in [1.54, 1.807) is 37.6 Å². The van der Waals surface area contributed by atoms with E-state index < -0.39 is 9.84 Å². The van der Waals surface area contributed by atoms with Crippen LogP contribution in [0.4, 0.5) is 0 Å². The van der Waals surface area contributed by atoms with Crippen molar-refractivity contribution in [3.63, 3.8) is 0 Å². The van der Waals surface area contributed by atoms with Crippen molar-refractivity contribution in [3.05, 3.63) is 47.0 Å². The predicted molar refractivity (Wildman–Crippen MR) is 112 cm³/mol. The van der Waals surface area contributed by atoms with Gasteiger partial charge in [0.15, 0.2) is 9.84 Å². The van der Waals surface area contributed by atoms with Gasteiger partial charge in [0, 0.05) is 42.2 Å². The molecule has 0 atom stereocenters. The molecule has 1 aromatic carbocycles. The minimum absolute atomic E-state index is 0.125. The number of benzene rings is 1. The van der Waals surface area contributed by atoms with Crippen molar-refractivity contribution in [1.29, 1.82) is 0 Å². The van der Waals surface area contributed by atoms with Gasteiger partial charge in [-0.3, -0.25) is 4.79 Å². The molecule has 1 N–H and O–H groups in total. The van der Waals surface area contributed by atoms with Gasteiger partial charge in [-0.25, -0.2) is 8.42 Å². The predicted octanol–water partition coefficient (Wildman–Crippen LogP) is 3.75. The molecule has 0 saturated carbocycles. The van der Waals surface area contributed by atoms with E-state index in [-0.39, 0.29) is 15.9 Å². The highest BCUT2D eigenvalue weighted by atomic mass is 32.2. The van der Waals surface area contributed by atoms with Crippen molar-refractivity contribution < 1.29 is 13.2 Å². The second-order valence-corrected chi connectivity index (χ2v) is 10.3. The smallest absolute Gasteiger partial charge is 0.274 e. The third-order valence-corrected chi connectivity index (χ3v) is 5.81. The fourth-order valence-electron chi connectivity index (χ4n) is 2.98. The number of rotatable bonds is 5. The first kappa shape index (κ1) is 20.2. The molecule has 150 valence electrons. The summed E-state index contributed by atoms with van der Waals surface area (Å²) in [4.78, 5) is 15.6. The molecular weight excluding hydrogens is 376 g/mol. The number of pyridine rings is 1. The number of H-pyrrole nitrogens is 1. The molecule has 7 heteroatoms. The molecule has 0 spiro atoms. The molecule has 0 fully saturated rings. The Kier molecular flexibility index (Phi) is 5.14. The van der Waals surface area contributed by atoms with E-state index in [0.29, 0.717) is 23.4 Å². The van der Waals surface area contributed by atoms with Gasteiger partial charge in [-0.1, -0.05) is 20.8 Å². The largest absolute Gasteiger partial charge is 0.493 e. The molecule has 3 aromatic rings. The average Bonchev–Trinajstić information content (AvgIpc) is 3.01. The van der Waals surface area contributed by atoms with Gasteiger partial charge in [0.1, 0.15) is 11.3 Å². The number of hydrogen-bond donors (Lipinski definition) is 1. The Morgan fingerprint density at radius 2 is 1.86 bits per heavy atom. The molecule has 3 rings (SSSR count). The lowest BCUT2D eigenvalue weighted by Gasteiger charge is -2.19. The molecule has 2 heterocycles. The lowest BCUT2D eigenvalue weighted by molar-refractivity contribution is 0.243. The Balaban J connectivity index is 2.14. The number of fused-ring (bicyclic) bond motifs is 1. The first-order valence-electron chi connectivity index (χ1n) is 9.11. The second kappa shape index (κ2) is 7.13. The average molecular weight is 403 g/mol. The molecule has 0 radical (unpaired) electrons. The third-order valence-electron chi connectivity index (χ3n) is 4.70. The number of ether oxygens (including phenoxy) is 1. The van der Waals surface area contributed by atoms with E-state index in [0.717, 1.165) is 17.4 Å². The number of nitrogens with one attached hydrogen (secondary N) is 1. The fraction of sp³-hybridized carbons (Fsp3) is 0.381. The summed E-state index contributed by atoms with van der Waals surface area (Å²) >= 11 is 0. The fourth-order valence-corrected chi connectivity index (χ4v) is 3.63. The van der Waals surface area contributed by atoms with Crippen molar-refractivity contribution in [3.8, 4) is 16.9 Å². The van der Waals surface area contributed by atoms with Gasteiger partial charge < -0.3 is 14.3 Å². The molecule has 0 aliphatic heterocycles. The Morgan fingerprint density at radius 1 is 1.14 bits per heavy atom. The van der Waals surface area contributed by atoms with E-state index in [4.69, 9.17) is 4.74 Å². The molecular formula is C21H26N2O4S. The molecule has 0 aliphatic carbocycles. The lowest BCUT2D eigenvalue weighted by atomic mass is 9.93. The quantitative estimate of drug-likeness (QED) is 0.705. The normalized spacial score (nSPS) is 12.5. The minimum Gasteiger partial charge on any atom is -0.493 e. The Hall–Kier alpha value is -2.54. The number of aromatic amines is 1. The van der Waals surface area contributed by atoms with E-state index >= 15 is 0 Å². The van der Waals surface area contributed by atoms with Crippen LogP contribution in [0.1, 0.15) is 27.2 Å². The maximum Gasteiger partial charge on any atom is 0.274 e. The van der Waals surface area contributed by atoms with Gasteiger partial charge in [0.2, 0.25) is 0 Å². The summed E-state index contributed by atoms with van der Waals surface area (Å²) in [5.74, 6) is 0.596. The highest BCUT2D eigenvalue weighted by Gasteiger charge is 2.18. The van der Waals surface area contributed by atoms with Crippen LogP contribution in [-0.4, -0.2) is 30.8 Å². The summed E-state index contributed by atoms with van der Waals surface area (Å²) in [5, 5.41) is 0.731. The summed E-state index contributed by atoms with van der Waals surface area (Å²) in [7, 11) is -1.69. The van der Waals surface area contributed by atoms with Crippen molar-refractivity contribution in [2.45, 2.75) is 32.1 Å². The zero-order valence-electron chi connectivity index (χ0n) is 16.9. The first-order chi connectivity index (χ1) is 13.0. The third kappa shape index (κ3) is 4.14. The maximum absolute atomic E-state index is 12.4. The summed E-state index contributed by atoms with van der Waals surface area (Å²) in [5.41, 5.74) is 1.85. The zero-order chi connectivity index (χ0) is 20.7. The van der Waals surface area contributed by atoms with Crippen LogP contribution in [0.2, 0.25) is 0 Å². The Labute approximate surface area is 165 Å². The van der Waals surface area contributed by atoms with E-state index in [2.05, 4.69) is 25.8 Å². The SMILES string of the molecule is Cn1ccc2c(-c3cc(S(C)(=O)=O)ccc3OCCC(C)(C)C)c[nH]c2c1=O. The number of nitrogens with zero attached hydrogens (tertiary/aromatic N) is 1. The molecule has 0 amide bonds. The van der Waals surface area contributed by atoms with Crippen LogP contribution in [0, 0.1) is 5.41 Å². The van der Waals surface area contributed by atoms with Crippen LogP contribution in [0.5, 0.6) is 5.75 Å². The van der Waals surface area contributed by atoms with Crippen molar-refractivity contribution >= 4 is 20.7 Å². The van der Waals surface area contributed by atoms with Crippen molar-refractivity contribution in [2.75, 3.05) is 12.9 Å². The number of aryl methyl sites for hydroxylation is 1. The highest BCUT2D eigenvalue weighted by molar-refractivity contribution is 7.90. The first-order valence-corrected chi connectivity index (χ1v) is 11.0. The van der Waals surface area contributed by atoms with Crippen LogP contribution in [0.3, 0.4) is 0 Å². The van der Waals surface area contributed by atoms with Crippen LogP contribution < -0.4 is 10.3 Å². The van der Waals surface area contributed by atoms with Gasteiger partial charge in [0.25, 0.3) is 5.56 Å². The molecule has 28 heavy (non-hydrogen) atoms. The van der Waals surface area contributed by atoms with Gasteiger partial charge in [-0.05, 0) is 36.1 Å². The van der Waals surface area contributed by atoms with Crippen LogP contribution in [0.25, 0.3) is 22.0 Å². The Bertz CT molecular complexity index is 1180. The highest BCUT2D eigenvalue weighted by Crippen LogP contribution is 2.36. The molecule has 6 nitrogen and oxygen atoms in total. The second-order valence-electron chi connectivity index (χ2n) is 8.31. The van der Waals surface area contributed by atoms with Crippen LogP contribution >= 0.6 is 0 Å². The summed E-state index contributed by atoms with van der Waals surface area (Å²) in [6, 6.07) is 6.70. The Morgan fingerprint density at radius 3 is 2.50 bits per heavy atom. The summed E-state index contributed by atoms with van der Waals surface area (Å²) in [6.07, 6.45) is 5.46. The van der Waals surface area contributed by atoms with Gasteiger partial charge in [0.05, 0.1) is 11.5 Å². The zero-order valence-corrected chi connectivity index (χ0v) is 17.7. The molecule has 0 unspecified atom stereocenters.